The summed E-state index contributed by atoms with van der Waals surface area (Å²) in [6, 6.07) is 7.59. The Labute approximate surface area is 396 Å². The van der Waals surface area contributed by atoms with Gasteiger partial charge in [0.05, 0.1) is 24.4 Å². The minimum absolute atomic E-state index is 0.0243. The van der Waals surface area contributed by atoms with Crippen molar-refractivity contribution in [3.05, 3.63) is 53.8 Å². The van der Waals surface area contributed by atoms with E-state index in [2.05, 4.69) is 29.8 Å². The minimum atomic E-state index is -2.52. The first-order valence-electron chi connectivity index (χ1n) is 25.0. The summed E-state index contributed by atoms with van der Waals surface area (Å²) in [6.07, 6.45) is 7.68. The van der Waals surface area contributed by atoms with E-state index in [1.807, 2.05) is 45.1 Å². The van der Waals surface area contributed by atoms with Gasteiger partial charge in [-0.3, -0.25) is 14.4 Å². The van der Waals surface area contributed by atoms with Crippen LogP contribution < -0.4 is 4.74 Å². The van der Waals surface area contributed by atoms with Crippen LogP contribution in [0.4, 0.5) is 0 Å². The fourth-order valence-electron chi connectivity index (χ4n) is 11.3. The summed E-state index contributed by atoms with van der Waals surface area (Å²) in [4.78, 5) is 58.4. The number of carbonyl (C=O) groups excluding carboxylic acids is 4. The smallest absolute Gasteiger partial charge is 0.329 e. The number of ether oxygens (including phenoxy) is 5. The predicted octanol–water partition coefficient (Wildman–Crippen LogP) is 7.20. The lowest BCUT2D eigenvalue weighted by Crippen LogP contribution is -2.64. The van der Waals surface area contributed by atoms with Gasteiger partial charge in [0.2, 0.25) is 5.79 Å². The second-order valence-corrected chi connectivity index (χ2v) is 20.7. The van der Waals surface area contributed by atoms with Crippen molar-refractivity contribution < 1.29 is 58.2 Å². The van der Waals surface area contributed by atoms with Gasteiger partial charge >= 0.3 is 5.97 Å². The average Bonchev–Trinajstić information content (AvgIpc) is 4.07. The summed E-state index contributed by atoms with van der Waals surface area (Å²) >= 11 is 0. The number of piperidine rings is 1. The Bertz CT molecular complexity index is 2140. The molecule has 2 aliphatic carbocycles. The lowest BCUT2D eigenvalue weighted by atomic mass is 9.81. The van der Waals surface area contributed by atoms with E-state index in [0.717, 1.165) is 11.0 Å². The molecule has 2 aromatic rings. The molecule has 0 spiro atoms. The van der Waals surface area contributed by atoms with Crippen molar-refractivity contribution >= 4 is 34.3 Å². The zero-order valence-electron chi connectivity index (χ0n) is 40.9. The minimum Gasteiger partial charge on any atom is -0.488 e. The molecular formula is C53H76N2O12. The van der Waals surface area contributed by atoms with Gasteiger partial charge in [0, 0.05) is 68.1 Å². The Hall–Kier alpha value is -3.92. The number of fused-ring (bicyclic) bond motifs is 4. The van der Waals surface area contributed by atoms with Crippen LogP contribution in [0.5, 0.6) is 5.75 Å². The largest absolute Gasteiger partial charge is 0.488 e. The van der Waals surface area contributed by atoms with E-state index in [1.165, 1.54) is 37.5 Å². The number of hydrogen-bond acceptors (Lipinski definition) is 12. The van der Waals surface area contributed by atoms with Gasteiger partial charge in [-0.25, -0.2) is 4.79 Å². The van der Waals surface area contributed by atoms with Crippen molar-refractivity contribution in [3.8, 4) is 5.75 Å². The zero-order valence-corrected chi connectivity index (χ0v) is 40.9. The molecule has 3 N–H and O–H groups in total. The van der Waals surface area contributed by atoms with E-state index >= 15 is 0 Å². The number of esters is 1. The molecule has 5 aliphatic rings. The molecule has 4 heterocycles. The molecule has 1 aromatic heterocycles. The number of Topliss-reactive ketones (excluding diaryl/α,β-unsaturated/α-hetero) is 2. The van der Waals surface area contributed by atoms with Crippen molar-refractivity contribution in [2.45, 2.75) is 186 Å². The molecule has 1 aromatic carbocycles. The highest BCUT2D eigenvalue weighted by molar-refractivity contribution is 6.39. The molecule has 370 valence electrons. The van der Waals surface area contributed by atoms with Gasteiger partial charge in [0.25, 0.3) is 11.7 Å². The second kappa shape index (κ2) is 21.8. The number of hydrogen-bond donors (Lipinski definition) is 3. The average molecular weight is 933 g/mol. The van der Waals surface area contributed by atoms with E-state index in [1.54, 1.807) is 13.8 Å². The number of cyclic esters (lactones) is 1. The normalized spacial score (nSPS) is 37.8. The number of aromatic nitrogens is 1. The van der Waals surface area contributed by atoms with Crippen LogP contribution in [-0.2, 0) is 38.1 Å². The molecule has 7 rings (SSSR count). The van der Waals surface area contributed by atoms with Gasteiger partial charge in [-0.05, 0) is 133 Å². The molecule has 14 heteroatoms. The number of allylic oxidation sites excluding steroid dienone is 3. The number of ketones is 2. The molecule has 3 aliphatic heterocycles. The Morgan fingerprint density at radius 1 is 0.896 bits per heavy atom. The maximum absolute atomic E-state index is 14.5. The second-order valence-electron chi connectivity index (χ2n) is 20.7. The molecule has 0 radical (unpaired) electrons. The number of carbonyl (C=O) groups is 4. The number of benzene rings is 1. The fourth-order valence-corrected chi connectivity index (χ4v) is 11.3. The van der Waals surface area contributed by atoms with Crippen LogP contribution in [0.3, 0.4) is 0 Å². The number of amides is 1. The van der Waals surface area contributed by atoms with E-state index < -0.39 is 90.0 Å². The van der Waals surface area contributed by atoms with Gasteiger partial charge in [0.1, 0.15) is 35.9 Å². The Morgan fingerprint density at radius 2 is 1.63 bits per heavy atom. The molecule has 14 unspecified atom stereocenters. The lowest BCUT2D eigenvalue weighted by Gasteiger charge is -2.47. The van der Waals surface area contributed by atoms with Gasteiger partial charge in [0.15, 0.2) is 0 Å². The van der Waals surface area contributed by atoms with Crippen LogP contribution in [0.25, 0.3) is 10.9 Å². The third-order valence-electron chi connectivity index (χ3n) is 15.5. The molecule has 4 fully saturated rings. The summed E-state index contributed by atoms with van der Waals surface area (Å²) in [5.41, 5.74) is 2.80. The number of methoxy groups -OCH3 is 2. The van der Waals surface area contributed by atoms with E-state index in [-0.39, 0.29) is 43.4 Å². The maximum Gasteiger partial charge on any atom is 0.329 e. The standard InChI is InChI=1S/C53H76N2O12/c1-9-36-23-30(2)22-31(3)24-46(63-7)49-47(64-8)26-33(5)53(62,67-49)50(59)51(60)55-20-11-10-12-41(55)52(61)66-48(34(6)42(56)29-43(36)57)32(4)25-35-13-18-45(44(58)27-35)65-39-16-17-40-37(28-39)19-21-54(40)38-14-15-38/h16-17,19,21,23,25,28,31,33-36,38,41-42,44-49,56,58,62H,9-15,18,20,22,24,26-27,29H2,1-8H3/b30-23+,32-25?. The van der Waals surface area contributed by atoms with Gasteiger partial charge in [-0.15, -0.1) is 0 Å². The first-order valence-corrected chi connectivity index (χ1v) is 25.0. The lowest BCUT2D eigenvalue weighted by molar-refractivity contribution is -0.302. The van der Waals surface area contributed by atoms with Gasteiger partial charge in [-0.2, -0.15) is 0 Å². The summed E-state index contributed by atoms with van der Waals surface area (Å²) < 4.78 is 33.1. The number of aliphatic hydroxyl groups is 3. The van der Waals surface area contributed by atoms with Crippen molar-refractivity contribution in [2.24, 2.45) is 29.6 Å². The third kappa shape index (κ3) is 11.4. The Balaban J connectivity index is 1.15. The zero-order chi connectivity index (χ0) is 48.3. The quantitative estimate of drug-likeness (QED) is 0.138. The van der Waals surface area contributed by atoms with Gasteiger partial charge in [-0.1, -0.05) is 45.4 Å². The molecule has 2 bridgehead atoms. The Kier molecular flexibility index (Phi) is 16.6. The van der Waals surface area contributed by atoms with Crippen LogP contribution in [-0.4, -0.2) is 124 Å². The van der Waals surface area contributed by atoms with E-state index in [0.29, 0.717) is 68.7 Å². The molecular weight excluding hydrogens is 857 g/mol. The van der Waals surface area contributed by atoms with Crippen LogP contribution >= 0.6 is 0 Å². The predicted molar refractivity (Wildman–Crippen MR) is 252 cm³/mol. The van der Waals surface area contributed by atoms with Crippen molar-refractivity contribution in [3.63, 3.8) is 0 Å². The summed E-state index contributed by atoms with van der Waals surface area (Å²) in [5.74, 6) is -7.02. The Morgan fingerprint density at radius 3 is 2.31 bits per heavy atom. The van der Waals surface area contributed by atoms with Crippen LogP contribution in [0.15, 0.2) is 53.8 Å². The molecule has 2 saturated carbocycles. The topological polar surface area (TPSA) is 183 Å². The third-order valence-corrected chi connectivity index (χ3v) is 15.5. The number of aliphatic hydroxyl groups excluding tert-OH is 2. The maximum atomic E-state index is 14.5. The summed E-state index contributed by atoms with van der Waals surface area (Å²) in [6.45, 7) is 11.3. The van der Waals surface area contributed by atoms with Crippen LogP contribution in [0, 0.1) is 29.6 Å². The molecule has 67 heavy (non-hydrogen) atoms. The van der Waals surface area contributed by atoms with Crippen molar-refractivity contribution in [2.75, 3.05) is 20.8 Å². The fraction of sp³-hybridized carbons (Fsp3) is 0.698. The summed E-state index contributed by atoms with van der Waals surface area (Å²) in [7, 11) is 3.07. The molecule has 14 atom stereocenters. The monoisotopic (exact) mass is 933 g/mol. The van der Waals surface area contributed by atoms with E-state index in [4.69, 9.17) is 23.7 Å². The van der Waals surface area contributed by atoms with Crippen LogP contribution in [0.2, 0.25) is 0 Å². The highest BCUT2D eigenvalue weighted by Gasteiger charge is 2.56. The van der Waals surface area contributed by atoms with Crippen molar-refractivity contribution in [1.82, 2.24) is 9.47 Å². The first kappa shape index (κ1) is 50.9. The molecule has 14 nitrogen and oxygen atoms in total. The SMILES string of the molecule is CCC1/C=C(\C)CC(C)CC(OC)C2OC(O)(C(=O)C(=O)N3CCCCC3C(=O)OC(C(C)=CC3CCC(Oc4ccc5c(ccn5C5CC5)c4)C(O)C3)C(C)C(O)CC1=O)C(C)CC2OC. The number of nitrogens with zero attached hydrogens (tertiary/aromatic N) is 2. The molecule has 1 amide bonds. The highest BCUT2D eigenvalue weighted by atomic mass is 16.7. The van der Waals surface area contributed by atoms with Crippen molar-refractivity contribution in [1.29, 1.82) is 0 Å². The first-order chi connectivity index (χ1) is 32.0. The van der Waals surface area contributed by atoms with Gasteiger partial charge < -0.3 is 48.5 Å². The number of rotatable bonds is 8. The summed E-state index contributed by atoms with van der Waals surface area (Å²) in [5, 5.41) is 36.5. The molecule has 2 saturated heterocycles. The van der Waals surface area contributed by atoms with Crippen LogP contribution in [0.1, 0.15) is 131 Å². The highest BCUT2D eigenvalue weighted by Crippen LogP contribution is 2.41. The van der Waals surface area contributed by atoms with E-state index in [9.17, 15) is 34.5 Å².